The largest absolute Gasteiger partial charge is 0.481 e. The molecule has 1 aromatic heterocycles. The molecule has 6 nitrogen and oxygen atoms in total. The molecular formula is C24H26N2O4S. The van der Waals surface area contributed by atoms with Crippen LogP contribution >= 0.6 is 11.3 Å². The predicted octanol–water partition coefficient (Wildman–Crippen LogP) is 4.87. The van der Waals surface area contributed by atoms with E-state index in [1.54, 1.807) is 0 Å². The number of rotatable bonds is 5. The Bertz CT molecular complexity index is 1070. The lowest BCUT2D eigenvalue weighted by molar-refractivity contribution is -0.146. The first kappa shape index (κ1) is 21.3. The molecule has 31 heavy (non-hydrogen) atoms. The van der Waals surface area contributed by atoms with Crippen LogP contribution in [-0.2, 0) is 22.4 Å². The van der Waals surface area contributed by atoms with E-state index in [0.717, 1.165) is 40.8 Å². The molecule has 2 atom stereocenters. The number of amides is 2. The van der Waals surface area contributed by atoms with E-state index in [0.29, 0.717) is 29.1 Å². The molecule has 0 bridgehead atoms. The maximum absolute atomic E-state index is 13.2. The number of para-hydroxylation sites is 1. The molecule has 0 radical (unpaired) electrons. The van der Waals surface area contributed by atoms with Gasteiger partial charge >= 0.3 is 5.97 Å². The third kappa shape index (κ3) is 4.28. The summed E-state index contributed by atoms with van der Waals surface area (Å²) in [7, 11) is 0. The van der Waals surface area contributed by atoms with Crippen LogP contribution in [0.4, 0.5) is 10.7 Å². The minimum absolute atomic E-state index is 0.244. The van der Waals surface area contributed by atoms with Crippen molar-refractivity contribution in [1.82, 2.24) is 0 Å². The highest BCUT2D eigenvalue weighted by atomic mass is 32.1. The summed E-state index contributed by atoms with van der Waals surface area (Å²) in [6.07, 6.45) is 3.49. The van der Waals surface area contributed by atoms with Gasteiger partial charge in [0, 0.05) is 10.6 Å². The normalized spacial score (nSPS) is 20.3. The monoisotopic (exact) mass is 438 g/mol. The number of benzene rings is 1. The van der Waals surface area contributed by atoms with Crippen LogP contribution in [0.25, 0.3) is 0 Å². The van der Waals surface area contributed by atoms with Gasteiger partial charge in [0.05, 0.1) is 17.4 Å². The van der Waals surface area contributed by atoms with Crippen LogP contribution in [0.5, 0.6) is 0 Å². The quantitative estimate of drug-likeness (QED) is 0.580. The number of carboxylic acid groups (broad SMARTS) is 1. The van der Waals surface area contributed by atoms with Crippen LogP contribution < -0.4 is 10.6 Å². The Morgan fingerprint density at radius 2 is 1.65 bits per heavy atom. The molecule has 0 saturated heterocycles. The first-order valence-corrected chi connectivity index (χ1v) is 11.4. The number of hydrogen-bond acceptors (Lipinski definition) is 4. The maximum Gasteiger partial charge on any atom is 0.307 e. The van der Waals surface area contributed by atoms with E-state index in [2.05, 4.69) is 10.6 Å². The van der Waals surface area contributed by atoms with Crippen molar-refractivity contribution in [2.24, 2.45) is 11.8 Å². The number of allylic oxidation sites excluding steroid dienone is 2. The highest BCUT2D eigenvalue weighted by Crippen LogP contribution is 2.41. The van der Waals surface area contributed by atoms with Gasteiger partial charge in [0.1, 0.15) is 5.00 Å². The van der Waals surface area contributed by atoms with Crippen molar-refractivity contribution in [3.63, 3.8) is 0 Å². The summed E-state index contributed by atoms with van der Waals surface area (Å²) in [4.78, 5) is 39.2. The lowest BCUT2D eigenvalue weighted by Crippen LogP contribution is -2.36. The summed E-state index contributed by atoms with van der Waals surface area (Å²) in [5, 5.41) is 16.0. The van der Waals surface area contributed by atoms with Crippen LogP contribution in [0.15, 0.2) is 41.5 Å². The van der Waals surface area contributed by atoms with Gasteiger partial charge in [0.25, 0.3) is 5.91 Å². The third-order valence-corrected chi connectivity index (χ3v) is 7.54. The van der Waals surface area contributed by atoms with Crippen LogP contribution in [0, 0.1) is 11.8 Å². The summed E-state index contributed by atoms with van der Waals surface area (Å²) >= 11 is 1.44. The number of nitrogens with one attached hydrogen (secondary N) is 2. The van der Waals surface area contributed by atoms with Crippen molar-refractivity contribution in [3.05, 3.63) is 57.5 Å². The molecule has 7 heteroatoms. The standard InChI is InChI=1S/C24H26N2O4S/c1-13-11-17(18(24(29)30)12-14(13)2)21(27)26-23-20(16-9-6-10-19(16)31-23)22(28)25-15-7-4-3-5-8-15/h3-5,7-8,17-18H,6,9-12H2,1-2H3,(H,25,28)(H,26,27)(H,29,30). The second-order valence-corrected chi connectivity index (χ2v) is 9.50. The minimum atomic E-state index is -0.956. The number of thiophene rings is 1. The number of anilines is 2. The highest BCUT2D eigenvalue weighted by Gasteiger charge is 2.38. The summed E-state index contributed by atoms with van der Waals surface area (Å²) in [5.74, 6) is -2.93. The Labute approximate surface area is 185 Å². The lowest BCUT2D eigenvalue weighted by Gasteiger charge is -2.29. The zero-order chi connectivity index (χ0) is 22.1. The molecule has 0 aliphatic heterocycles. The number of carbonyl (C=O) groups excluding carboxylic acids is 2. The van der Waals surface area contributed by atoms with Gasteiger partial charge in [-0.2, -0.15) is 0 Å². The van der Waals surface area contributed by atoms with Gasteiger partial charge in [-0.05, 0) is 63.6 Å². The van der Waals surface area contributed by atoms with Crippen molar-refractivity contribution >= 4 is 39.8 Å². The van der Waals surface area contributed by atoms with Crippen LogP contribution in [0.2, 0.25) is 0 Å². The fourth-order valence-corrected chi connectivity index (χ4v) is 5.77. The van der Waals surface area contributed by atoms with Crippen LogP contribution in [-0.4, -0.2) is 22.9 Å². The summed E-state index contributed by atoms with van der Waals surface area (Å²) in [5.41, 5.74) is 4.31. The smallest absolute Gasteiger partial charge is 0.307 e. The molecule has 2 unspecified atom stereocenters. The van der Waals surface area contributed by atoms with E-state index in [1.807, 2.05) is 44.2 Å². The van der Waals surface area contributed by atoms with E-state index in [1.165, 1.54) is 11.3 Å². The third-order valence-electron chi connectivity index (χ3n) is 6.34. The van der Waals surface area contributed by atoms with Gasteiger partial charge in [-0.25, -0.2) is 0 Å². The van der Waals surface area contributed by atoms with Crippen LogP contribution in [0.1, 0.15) is 53.9 Å². The van der Waals surface area contributed by atoms with E-state index in [-0.39, 0.29) is 11.8 Å². The Morgan fingerprint density at radius 3 is 2.32 bits per heavy atom. The minimum Gasteiger partial charge on any atom is -0.481 e. The van der Waals surface area contributed by atoms with Crippen molar-refractivity contribution in [3.8, 4) is 0 Å². The van der Waals surface area contributed by atoms with E-state index in [9.17, 15) is 19.5 Å². The molecule has 0 spiro atoms. The molecule has 0 fully saturated rings. The van der Waals surface area contributed by atoms with Crippen molar-refractivity contribution in [2.45, 2.75) is 46.0 Å². The summed E-state index contributed by atoms with van der Waals surface area (Å²) < 4.78 is 0. The Hall–Kier alpha value is -2.93. The highest BCUT2D eigenvalue weighted by molar-refractivity contribution is 7.17. The fourth-order valence-electron chi connectivity index (χ4n) is 4.48. The van der Waals surface area contributed by atoms with Crippen molar-refractivity contribution in [2.75, 3.05) is 10.6 Å². The number of fused-ring (bicyclic) bond motifs is 1. The van der Waals surface area contributed by atoms with Gasteiger partial charge in [0.15, 0.2) is 0 Å². The second kappa shape index (κ2) is 8.67. The molecule has 4 rings (SSSR count). The molecule has 1 aromatic carbocycles. The van der Waals surface area contributed by atoms with Gasteiger partial charge in [-0.1, -0.05) is 29.3 Å². The first-order valence-electron chi connectivity index (χ1n) is 10.5. The number of carboxylic acids is 1. The first-order chi connectivity index (χ1) is 14.8. The average molecular weight is 439 g/mol. The number of aryl methyl sites for hydroxylation is 1. The predicted molar refractivity (Wildman–Crippen MR) is 122 cm³/mol. The summed E-state index contributed by atoms with van der Waals surface area (Å²) in [6.45, 7) is 3.88. The van der Waals surface area contributed by atoms with Crippen molar-refractivity contribution in [1.29, 1.82) is 0 Å². The van der Waals surface area contributed by atoms with E-state index >= 15 is 0 Å². The average Bonchev–Trinajstić information content (AvgIpc) is 3.30. The zero-order valence-electron chi connectivity index (χ0n) is 17.7. The van der Waals surface area contributed by atoms with Gasteiger partial charge in [-0.3, -0.25) is 14.4 Å². The second-order valence-electron chi connectivity index (χ2n) is 8.39. The Balaban J connectivity index is 1.61. The molecule has 0 saturated carbocycles. The number of aliphatic carboxylic acids is 1. The number of hydrogen-bond donors (Lipinski definition) is 3. The molecule has 2 aliphatic carbocycles. The topological polar surface area (TPSA) is 95.5 Å². The molecule has 1 heterocycles. The van der Waals surface area contributed by atoms with E-state index in [4.69, 9.17) is 0 Å². The molecule has 3 N–H and O–H groups in total. The van der Waals surface area contributed by atoms with Gasteiger partial charge in [0.2, 0.25) is 5.91 Å². The molecule has 2 aromatic rings. The molecule has 2 aliphatic rings. The van der Waals surface area contributed by atoms with Crippen molar-refractivity contribution < 1.29 is 19.5 Å². The molecular weight excluding hydrogens is 412 g/mol. The maximum atomic E-state index is 13.2. The van der Waals surface area contributed by atoms with E-state index < -0.39 is 17.8 Å². The zero-order valence-corrected chi connectivity index (χ0v) is 18.5. The summed E-state index contributed by atoms with van der Waals surface area (Å²) in [6, 6.07) is 9.22. The van der Waals surface area contributed by atoms with Gasteiger partial charge in [-0.15, -0.1) is 11.3 Å². The Morgan fingerprint density at radius 1 is 0.968 bits per heavy atom. The number of carbonyl (C=O) groups is 3. The lowest BCUT2D eigenvalue weighted by atomic mass is 9.76. The fraction of sp³-hybridized carbons (Fsp3) is 0.375. The molecule has 2 amide bonds. The van der Waals surface area contributed by atoms with Gasteiger partial charge < -0.3 is 15.7 Å². The van der Waals surface area contributed by atoms with Crippen LogP contribution in [0.3, 0.4) is 0 Å². The molecule has 162 valence electrons. The Kier molecular flexibility index (Phi) is 5.96. The SMILES string of the molecule is CC1=C(C)CC(C(=O)Nc2sc3c(c2C(=O)Nc2ccccc2)CCC3)C(C(=O)O)C1.